The predicted octanol–water partition coefficient (Wildman–Crippen LogP) is 4.82. The van der Waals surface area contributed by atoms with Crippen molar-refractivity contribution >= 4 is 5.97 Å². The van der Waals surface area contributed by atoms with Gasteiger partial charge in [0.25, 0.3) is 0 Å². The lowest BCUT2D eigenvalue weighted by Gasteiger charge is -2.02. The summed E-state index contributed by atoms with van der Waals surface area (Å²) in [6.45, 7) is 9.65. The number of carbonyl (C=O) groups excluding carboxylic acids is 1. The normalized spacial score (nSPS) is 10.8. The van der Waals surface area contributed by atoms with E-state index in [2.05, 4.69) is 35.2 Å². The van der Waals surface area contributed by atoms with E-state index in [-0.39, 0.29) is 5.97 Å². The molecule has 0 N–H and O–H groups in total. The van der Waals surface area contributed by atoms with E-state index < -0.39 is 0 Å². The molecule has 0 aliphatic rings. The van der Waals surface area contributed by atoms with Crippen molar-refractivity contribution in [1.82, 2.24) is 4.57 Å². The Morgan fingerprint density at radius 2 is 1.64 bits per heavy atom. The van der Waals surface area contributed by atoms with Crippen LogP contribution in [-0.4, -0.2) is 17.1 Å². The molecule has 0 spiro atoms. The van der Waals surface area contributed by atoms with E-state index in [1.165, 1.54) is 64.2 Å². The molecule has 0 amide bonds. The second-order valence-corrected chi connectivity index (χ2v) is 6.99. The second kappa shape index (κ2) is 13.7. The van der Waals surface area contributed by atoms with Crippen molar-refractivity contribution in [3.05, 3.63) is 30.9 Å². The van der Waals surface area contributed by atoms with E-state index in [0.717, 1.165) is 6.54 Å². The van der Waals surface area contributed by atoms with E-state index in [0.29, 0.717) is 18.7 Å². The summed E-state index contributed by atoms with van der Waals surface area (Å²) in [4.78, 5) is 11.3. The lowest BCUT2D eigenvalue weighted by atomic mass is 10.1. The highest BCUT2D eigenvalue weighted by molar-refractivity contribution is 5.86. The number of hydrogen-bond donors (Lipinski definition) is 0. The van der Waals surface area contributed by atoms with Crippen molar-refractivity contribution in [2.45, 2.75) is 91.1 Å². The Labute approximate surface area is 153 Å². The summed E-state index contributed by atoms with van der Waals surface area (Å²) in [6, 6.07) is 0. The Morgan fingerprint density at radius 3 is 2.24 bits per heavy atom. The monoisotopic (exact) mass is 349 g/mol. The maximum Gasteiger partial charge on any atom is 0.333 e. The van der Waals surface area contributed by atoms with Gasteiger partial charge in [0, 0.05) is 5.57 Å². The van der Waals surface area contributed by atoms with E-state index in [9.17, 15) is 4.79 Å². The van der Waals surface area contributed by atoms with Gasteiger partial charge in [-0.1, -0.05) is 64.9 Å². The molecule has 0 saturated heterocycles. The minimum atomic E-state index is -0.314. The molecular formula is C21H37N2O2+. The number of nitrogens with zero attached hydrogens (tertiary/aromatic N) is 2. The average Bonchev–Trinajstić information content (AvgIpc) is 3.04. The molecule has 1 aromatic rings. The average molecular weight is 350 g/mol. The van der Waals surface area contributed by atoms with Gasteiger partial charge in [-0.05, 0) is 19.8 Å². The van der Waals surface area contributed by atoms with Crippen molar-refractivity contribution < 1.29 is 14.1 Å². The Hall–Kier alpha value is -1.58. The molecule has 0 unspecified atom stereocenters. The molecule has 0 atom stereocenters. The highest BCUT2D eigenvalue weighted by atomic mass is 16.5. The van der Waals surface area contributed by atoms with Crippen LogP contribution in [0.1, 0.15) is 78.1 Å². The van der Waals surface area contributed by atoms with Crippen molar-refractivity contribution in [2.75, 3.05) is 6.61 Å². The van der Waals surface area contributed by atoms with E-state index in [4.69, 9.17) is 4.74 Å². The van der Waals surface area contributed by atoms with Crippen LogP contribution in [0.3, 0.4) is 0 Å². The van der Waals surface area contributed by atoms with Crippen molar-refractivity contribution in [1.29, 1.82) is 0 Å². The largest absolute Gasteiger partial charge is 0.458 e. The third kappa shape index (κ3) is 10.8. The van der Waals surface area contributed by atoms with Gasteiger partial charge >= 0.3 is 5.97 Å². The van der Waals surface area contributed by atoms with Gasteiger partial charge in [0.15, 0.2) is 0 Å². The Kier molecular flexibility index (Phi) is 11.7. The molecule has 25 heavy (non-hydrogen) atoms. The highest BCUT2D eigenvalue weighted by Crippen LogP contribution is 2.10. The first-order valence-corrected chi connectivity index (χ1v) is 10.0. The maximum absolute atomic E-state index is 11.3. The molecule has 0 aliphatic carbocycles. The van der Waals surface area contributed by atoms with Gasteiger partial charge in [0.05, 0.1) is 6.54 Å². The van der Waals surface area contributed by atoms with Crippen LogP contribution in [0, 0.1) is 0 Å². The zero-order valence-corrected chi connectivity index (χ0v) is 16.3. The molecule has 1 aromatic heterocycles. The maximum atomic E-state index is 11.3. The lowest BCUT2D eigenvalue weighted by molar-refractivity contribution is -0.696. The van der Waals surface area contributed by atoms with E-state index in [1.54, 1.807) is 6.92 Å². The summed E-state index contributed by atoms with van der Waals surface area (Å²) >= 11 is 0. The summed E-state index contributed by atoms with van der Waals surface area (Å²) in [7, 11) is 0. The van der Waals surface area contributed by atoms with Crippen LogP contribution in [0.15, 0.2) is 30.9 Å². The third-order valence-corrected chi connectivity index (χ3v) is 4.45. The fourth-order valence-corrected chi connectivity index (χ4v) is 2.85. The van der Waals surface area contributed by atoms with Gasteiger partial charge in [-0.3, -0.25) is 0 Å². The quantitative estimate of drug-likeness (QED) is 0.197. The topological polar surface area (TPSA) is 35.1 Å². The van der Waals surface area contributed by atoms with Crippen LogP contribution in [0.5, 0.6) is 0 Å². The minimum Gasteiger partial charge on any atom is -0.458 e. The van der Waals surface area contributed by atoms with Gasteiger partial charge in [-0.2, -0.15) is 0 Å². The fraction of sp³-hybridized carbons (Fsp3) is 0.714. The zero-order valence-electron chi connectivity index (χ0n) is 16.3. The molecule has 0 radical (unpaired) electrons. The first-order chi connectivity index (χ1) is 12.1. The molecule has 0 saturated carbocycles. The van der Waals surface area contributed by atoms with Gasteiger partial charge in [-0.15, -0.1) is 0 Å². The van der Waals surface area contributed by atoms with Crippen LogP contribution in [-0.2, 0) is 22.6 Å². The summed E-state index contributed by atoms with van der Waals surface area (Å²) in [6.07, 6.45) is 19.9. The summed E-state index contributed by atoms with van der Waals surface area (Å²) < 4.78 is 9.39. The summed E-state index contributed by atoms with van der Waals surface area (Å²) in [5.41, 5.74) is 0.448. The van der Waals surface area contributed by atoms with Gasteiger partial charge in [-0.25, -0.2) is 13.9 Å². The van der Waals surface area contributed by atoms with Crippen molar-refractivity contribution in [3.8, 4) is 0 Å². The molecule has 4 heteroatoms. The first-order valence-electron chi connectivity index (χ1n) is 10.0. The number of aromatic nitrogens is 2. The number of unbranched alkanes of at least 4 members (excludes halogenated alkanes) is 9. The molecular weight excluding hydrogens is 312 g/mol. The zero-order chi connectivity index (χ0) is 18.3. The summed E-state index contributed by atoms with van der Waals surface area (Å²) in [5, 5.41) is 0. The molecule has 0 fully saturated rings. The lowest BCUT2D eigenvalue weighted by Crippen LogP contribution is -2.31. The van der Waals surface area contributed by atoms with Crippen molar-refractivity contribution in [3.63, 3.8) is 0 Å². The number of rotatable bonds is 15. The van der Waals surface area contributed by atoms with Gasteiger partial charge in [0.2, 0.25) is 6.33 Å². The molecule has 4 nitrogen and oxygen atoms in total. The number of carbonyl (C=O) groups is 1. The van der Waals surface area contributed by atoms with Crippen LogP contribution < -0.4 is 4.57 Å². The van der Waals surface area contributed by atoms with E-state index >= 15 is 0 Å². The van der Waals surface area contributed by atoms with E-state index in [1.807, 2.05) is 6.20 Å². The minimum absolute atomic E-state index is 0.314. The molecule has 1 rings (SSSR count). The molecule has 0 aliphatic heterocycles. The second-order valence-electron chi connectivity index (χ2n) is 6.99. The predicted molar refractivity (Wildman–Crippen MR) is 102 cm³/mol. The SMILES string of the molecule is C=C(C)C(=O)OCCn1cc[n+](CCCCCCCCCCCC)c1. The van der Waals surface area contributed by atoms with Crippen LogP contribution >= 0.6 is 0 Å². The van der Waals surface area contributed by atoms with Gasteiger partial charge < -0.3 is 4.74 Å². The standard InChI is InChI=1S/C21H37N2O2/c1-4-5-6-7-8-9-10-11-12-13-14-22-15-16-23(19-22)17-18-25-21(24)20(2)3/h15-16,19H,2,4-14,17-18H2,1,3H3/q+1. The number of esters is 1. The van der Waals surface area contributed by atoms with Crippen molar-refractivity contribution in [2.24, 2.45) is 0 Å². The first kappa shape index (κ1) is 21.5. The number of imidazole rings is 1. The number of hydrogen-bond acceptors (Lipinski definition) is 2. The molecule has 0 aromatic carbocycles. The smallest absolute Gasteiger partial charge is 0.333 e. The van der Waals surface area contributed by atoms with Gasteiger partial charge in [0.1, 0.15) is 25.5 Å². The number of ether oxygens (including phenoxy) is 1. The summed E-state index contributed by atoms with van der Waals surface area (Å²) in [5.74, 6) is -0.314. The Balaban J connectivity index is 2.00. The van der Waals surface area contributed by atoms with Crippen LogP contribution in [0.4, 0.5) is 0 Å². The van der Waals surface area contributed by atoms with Crippen LogP contribution in [0.2, 0.25) is 0 Å². The fourth-order valence-electron chi connectivity index (χ4n) is 2.85. The third-order valence-electron chi connectivity index (χ3n) is 4.45. The number of aryl methyl sites for hydroxylation is 1. The Morgan fingerprint density at radius 1 is 1.04 bits per heavy atom. The molecule has 0 bridgehead atoms. The Bertz CT molecular complexity index is 494. The highest BCUT2D eigenvalue weighted by Gasteiger charge is 2.06. The molecule has 1 heterocycles. The van der Waals surface area contributed by atoms with Crippen LogP contribution in [0.25, 0.3) is 0 Å². The molecule has 142 valence electrons.